The van der Waals surface area contributed by atoms with Crippen LogP contribution in [-0.4, -0.2) is 48.9 Å². The van der Waals surface area contributed by atoms with Gasteiger partial charge in [-0.15, -0.1) is 0 Å². The summed E-state index contributed by atoms with van der Waals surface area (Å²) in [6.45, 7) is 12.3. The number of hydrogen-bond donors (Lipinski definition) is 2. The molecule has 150 valence electrons. The van der Waals surface area contributed by atoms with Gasteiger partial charge in [0.25, 0.3) is 5.91 Å². The third-order valence-corrected chi connectivity index (χ3v) is 5.49. The summed E-state index contributed by atoms with van der Waals surface area (Å²) in [6, 6.07) is 8.54. The predicted octanol–water partition coefficient (Wildman–Crippen LogP) is 2.93. The highest BCUT2D eigenvalue weighted by atomic mass is 16.2. The van der Waals surface area contributed by atoms with Gasteiger partial charge in [0.1, 0.15) is 6.04 Å². The molecule has 1 aliphatic rings. The standard InChI is InChI=1S/C22H35N3O2/c1-5-18(4)20(24-21(26)19-9-7-6-8-10-19)22(27)23-11-12-25-14-16(2)13-17(3)15-25/h6-10,16-18,20H,5,11-15H2,1-4H3,(H,23,27)(H,24,26). The van der Waals surface area contributed by atoms with Gasteiger partial charge in [0.2, 0.25) is 5.91 Å². The maximum absolute atomic E-state index is 12.7. The van der Waals surface area contributed by atoms with E-state index >= 15 is 0 Å². The Morgan fingerprint density at radius 2 is 1.78 bits per heavy atom. The number of hydrogen-bond acceptors (Lipinski definition) is 3. The van der Waals surface area contributed by atoms with Crippen molar-refractivity contribution in [1.29, 1.82) is 0 Å². The predicted molar refractivity (Wildman–Crippen MR) is 110 cm³/mol. The smallest absolute Gasteiger partial charge is 0.251 e. The van der Waals surface area contributed by atoms with E-state index in [1.807, 2.05) is 32.0 Å². The number of rotatable bonds is 8. The molecule has 2 N–H and O–H groups in total. The van der Waals surface area contributed by atoms with Gasteiger partial charge in [-0.25, -0.2) is 0 Å². The zero-order chi connectivity index (χ0) is 19.8. The van der Waals surface area contributed by atoms with Gasteiger partial charge in [0.15, 0.2) is 0 Å². The molecule has 0 radical (unpaired) electrons. The molecule has 0 spiro atoms. The summed E-state index contributed by atoms with van der Waals surface area (Å²) in [5.41, 5.74) is 0.579. The number of benzene rings is 1. The third kappa shape index (κ3) is 6.65. The third-order valence-electron chi connectivity index (χ3n) is 5.49. The number of nitrogens with one attached hydrogen (secondary N) is 2. The molecular formula is C22H35N3O2. The van der Waals surface area contributed by atoms with Crippen LogP contribution in [0, 0.1) is 17.8 Å². The maximum atomic E-state index is 12.7. The highest BCUT2D eigenvalue weighted by Gasteiger charge is 2.27. The Morgan fingerprint density at radius 3 is 2.37 bits per heavy atom. The largest absolute Gasteiger partial charge is 0.353 e. The molecule has 0 aromatic heterocycles. The average molecular weight is 374 g/mol. The minimum atomic E-state index is -0.512. The topological polar surface area (TPSA) is 61.4 Å². The molecule has 27 heavy (non-hydrogen) atoms. The van der Waals surface area contributed by atoms with Gasteiger partial charge in [-0.05, 0) is 36.3 Å². The summed E-state index contributed by atoms with van der Waals surface area (Å²) in [7, 11) is 0. The van der Waals surface area contributed by atoms with Gasteiger partial charge in [0.05, 0.1) is 0 Å². The molecule has 1 saturated heterocycles. The fourth-order valence-corrected chi connectivity index (χ4v) is 3.94. The molecule has 1 heterocycles. The lowest BCUT2D eigenvalue weighted by Gasteiger charge is -2.35. The molecular weight excluding hydrogens is 338 g/mol. The van der Waals surface area contributed by atoms with Crippen LogP contribution in [0.3, 0.4) is 0 Å². The Labute approximate surface area is 163 Å². The van der Waals surface area contributed by atoms with E-state index in [-0.39, 0.29) is 17.7 Å². The van der Waals surface area contributed by atoms with Crippen LogP contribution in [0.1, 0.15) is 50.9 Å². The van der Waals surface area contributed by atoms with E-state index in [0.717, 1.165) is 26.1 Å². The van der Waals surface area contributed by atoms with Gasteiger partial charge < -0.3 is 15.5 Å². The number of carbonyl (C=O) groups excluding carboxylic acids is 2. The zero-order valence-corrected chi connectivity index (χ0v) is 17.2. The number of carbonyl (C=O) groups is 2. The summed E-state index contributed by atoms with van der Waals surface area (Å²) in [4.78, 5) is 27.6. The second-order valence-corrected chi connectivity index (χ2v) is 8.20. The molecule has 1 fully saturated rings. The van der Waals surface area contributed by atoms with E-state index in [1.165, 1.54) is 6.42 Å². The Balaban J connectivity index is 1.88. The van der Waals surface area contributed by atoms with Gasteiger partial charge in [0, 0.05) is 31.7 Å². The van der Waals surface area contributed by atoms with Crippen LogP contribution in [-0.2, 0) is 4.79 Å². The number of nitrogens with zero attached hydrogens (tertiary/aromatic N) is 1. The Kier molecular flexibility index (Phi) is 8.29. The van der Waals surface area contributed by atoms with Gasteiger partial charge >= 0.3 is 0 Å². The van der Waals surface area contributed by atoms with Crippen LogP contribution >= 0.6 is 0 Å². The van der Waals surface area contributed by atoms with Crippen molar-refractivity contribution >= 4 is 11.8 Å². The van der Waals surface area contributed by atoms with E-state index in [2.05, 4.69) is 29.4 Å². The first-order chi connectivity index (χ1) is 12.9. The number of piperidine rings is 1. The summed E-state index contributed by atoms with van der Waals surface area (Å²) in [5.74, 6) is 1.21. The molecule has 0 saturated carbocycles. The lowest BCUT2D eigenvalue weighted by molar-refractivity contribution is -0.124. The second-order valence-electron chi connectivity index (χ2n) is 8.20. The van der Waals surface area contributed by atoms with Crippen molar-refractivity contribution in [2.45, 2.75) is 46.6 Å². The molecule has 4 unspecified atom stereocenters. The molecule has 2 rings (SSSR count). The van der Waals surface area contributed by atoms with E-state index in [0.29, 0.717) is 23.9 Å². The Morgan fingerprint density at radius 1 is 1.15 bits per heavy atom. The van der Waals surface area contributed by atoms with E-state index < -0.39 is 6.04 Å². The maximum Gasteiger partial charge on any atom is 0.251 e. The summed E-state index contributed by atoms with van der Waals surface area (Å²) in [5, 5.41) is 5.96. The van der Waals surface area contributed by atoms with Crippen LogP contribution in [0.4, 0.5) is 0 Å². The number of amides is 2. The monoisotopic (exact) mass is 373 g/mol. The molecule has 4 atom stereocenters. The zero-order valence-electron chi connectivity index (χ0n) is 17.2. The summed E-state index contributed by atoms with van der Waals surface area (Å²) in [6.07, 6.45) is 2.11. The van der Waals surface area contributed by atoms with E-state index in [1.54, 1.807) is 12.1 Å². The first-order valence-corrected chi connectivity index (χ1v) is 10.3. The van der Waals surface area contributed by atoms with Crippen molar-refractivity contribution in [1.82, 2.24) is 15.5 Å². The van der Waals surface area contributed by atoms with Crippen molar-refractivity contribution < 1.29 is 9.59 Å². The van der Waals surface area contributed by atoms with Crippen molar-refractivity contribution in [2.24, 2.45) is 17.8 Å². The lowest BCUT2D eigenvalue weighted by atomic mass is 9.92. The fraction of sp³-hybridized carbons (Fsp3) is 0.636. The van der Waals surface area contributed by atoms with E-state index in [9.17, 15) is 9.59 Å². The lowest BCUT2D eigenvalue weighted by Crippen LogP contribution is -2.51. The minimum absolute atomic E-state index is 0.0766. The molecule has 2 amide bonds. The highest BCUT2D eigenvalue weighted by Crippen LogP contribution is 2.20. The van der Waals surface area contributed by atoms with Crippen LogP contribution in [0.15, 0.2) is 30.3 Å². The molecule has 1 aliphatic heterocycles. The quantitative estimate of drug-likeness (QED) is 0.736. The average Bonchev–Trinajstić information content (AvgIpc) is 2.65. The van der Waals surface area contributed by atoms with Crippen molar-refractivity contribution in [3.8, 4) is 0 Å². The number of likely N-dealkylation sites (tertiary alicyclic amines) is 1. The van der Waals surface area contributed by atoms with E-state index in [4.69, 9.17) is 0 Å². The van der Waals surface area contributed by atoms with Crippen molar-refractivity contribution in [2.75, 3.05) is 26.2 Å². The first kappa shape index (κ1) is 21.4. The van der Waals surface area contributed by atoms with Gasteiger partial charge in [-0.3, -0.25) is 9.59 Å². The van der Waals surface area contributed by atoms with Crippen LogP contribution < -0.4 is 10.6 Å². The molecule has 5 nitrogen and oxygen atoms in total. The van der Waals surface area contributed by atoms with Crippen molar-refractivity contribution in [3.63, 3.8) is 0 Å². The molecule has 0 aliphatic carbocycles. The fourth-order valence-electron chi connectivity index (χ4n) is 3.94. The SMILES string of the molecule is CCC(C)C(NC(=O)c1ccccc1)C(=O)NCCN1CC(C)CC(C)C1. The summed E-state index contributed by atoms with van der Waals surface area (Å²) < 4.78 is 0. The minimum Gasteiger partial charge on any atom is -0.353 e. The Hall–Kier alpha value is -1.88. The van der Waals surface area contributed by atoms with Crippen LogP contribution in [0.25, 0.3) is 0 Å². The first-order valence-electron chi connectivity index (χ1n) is 10.3. The molecule has 1 aromatic carbocycles. The molecule has 0 bridgehead atoms. The second kappa shape index (κ2) is 10.5. The van der Waals surface area contributed by atoms with Crippen molar-refractivity contribution in [3.05, 3.63) is 35.9 Å². The van der Waals surface area contributed by atoms with Gasteiger partial charge in [-0.2, -0.15) is 0 Å². The molecule has 1 aromatic rings. The van der Waals surface area contributed by atoms with Crippen LogP contribution in [0.2, 0.25) is 0 Å². The normalized spacial score (nSPS) is 22.7. The molecule has 5 heteroatoms. The Bertz CT molecular complexity index is 595. The summed E-state index contributed by atoms with van der Waals surface area (Å²) >= 11 is 0. The highest BCUT2D eigenvalue weighted by molar-refractivity contribution is 5.97. The van der Waals surface area contributed by atoms with Gasteiger partial charge in [-0.1, -0.05) is 52.3 Å². The van der Waals surface area contributed by atoms with Crippen LogP contribution in [0.5, 0.6) is 0 Å².